The maximum Gasteiger partial charge on any atom is 0.303 e. The lowest BCUT2D eigenvalue weighted by Gasteiger charge is -2.70. The Morgan fingerprint density at radius 1 is 1.06 bits per heavy atom. The summed E-state index contributed by atoms with van der Waals surface area (Å²) in [4.78, 5) is 38.0. The van der Waals surface area contributed by atoms with E-state index in [1.54, 1.807) is 44.2 Å². The molecule has 0 radical (unpaired) electrons. The van der Waals surface area contributed by atoms with Gasteiger partial charge in [-0.05, 0) is 55.7 Å². The first kappa shape index (κ1) is 37.0. The number of allylic oxidation sites excluding steroid dienone is 1. The maximum atomic E-state index is 12.9. The zero-order valence-electron chi connectivity index (χ0n) is 29.8. The van der Waals surface area contributed by atoms with Crippen molar-refractivity contribution >= 4 is 17.9 Å². The van der Waals surface area contributed by atoms with Crippen LogP contribution in [0.3, 0.4) is 0 Å². The number of rotatable bonds is 8. The molecule has 0 spiro atoms. The first-order valence-electron chi connectivity index (χ1n) is 17.1. The Balaban J connectivity index is 1.73. The number of methoxy groups -OCH3 is 1. The van der Waals surface area contributed by atoms with E-state index in [1.807, 2.05) is 19.1 Å². The summed E-state index contributed by atoms with van der Waals surface area (Å²) in [5, 5.41) is 37.2. The Labute approximate surface area is 288 Å². The van der Waals surface area contributed by atoms with Crippen molar-refractivity contribution in [1.29, 1.82) is 0 Å². The molecule has 2 saturated carbocycles. The van der Waals surface area contributed by atoms with Gasteiger partial charge in [0, 0.05) is 50.0 Å². The molecular formula is C38H52O11. The van der Waals surface area contributed by atoms with E-state index >= 15 is 0 Å². The van der Waals surface area contributed by atoms with Gasteiger partial charge in [0.25, 0.3) is 0 Å². The molecule has 0 bridgehead atoms. The maximum absolute atomic E-state index is 12.9. The lowest BCUT2D eigenvalue weighted by molar-refractivity contribution is -0.302. The summed E-state index contributed by atoms with van der Waals surface area (Å²) in [6.45, 7) is 11.7. The van der Waals surface area contributed by atoms with Crippen molar-refractivity contribution in [3.05, 3.63) is 53.6 Å². The first-order valence-corrected chi connectivity index (χ1v) is 17.1. The molecule has 2 fully saturated rings. The molecule has 1 heterocycles. The van der Waals surface area contributed by atoms with E-state index in [9.17, 15) is 29.7 Å². The number of carbonyl (C=O) groups is 3. The molecule has 49 heavy (non-hydrogen) atoms. The predicted octanol–water partition coefficient (Wildman–Crippen LogP) is 4.23. The third kappa shape index (κ3) is 5.90. The third-order valence-corrected chi connectivity index (χ3v) is 12.4. The number of aliphatic hydroxyl groups is 3. The lowest BCUT2D eigenvalue weighted by Crippen LogP contribution is -2.76. The minimum atomic E-state index is -1.60. The van der Waals surface area contributed by atoms with E-state index in [2.05, 4.69) is 6.92 Å². The van der Waals surface area contributed by atoms with Crippen LogP contribution in [-0.4, -0.2) is 83.6 Å². The molecule has 3 aliphatic carbocycles. The highest BCUT2D eigenvalue weighted by molar-refractivity contribution is 5.67. The SMILES string of the molecule is COc1ccccc1C(O)C[C@]1(O)C(C)=CC(OC(C)=O)C2(C)C3[C@H](OC(C)=O)[C@H](O)[C@@]4(C(C)OC(C)=O)COCC=CC4C3(C)CCC21. The molecule has 1 aromatic rings. The number of carbonyl (C=O) groups excluding carboxylic acids is 3. The zero-order chi connectivity index (χ0) is 36.1. The van der Waals surface area contributed by atoms with Crippen molar-refractivity contribution in [3.8, 4) is 5.75 Å². The lowest BCUT2D eigenvalue weighted by atomic mass is 9.35. The van der Waals surface area contributed by atoms with Crippen molar-refractivity contribution in [2.75, 3.05) is 20.3 Å². The fourth-order valence-corrected chi connectivity index (χ4v) is 10.5. The van der Waals surface area contributed by atoms with E-state index in [4.69, 9.17) is 23.7 Å². The van der Waals surface area contributed by atoms with Gasteiger partial charge >= 0.3 is 17.9 Å². The summed E-state index contributed by atoms with van der Waals surface area (Å²) in [5.41, 5.74) is -3.63. The highest BCUT2D eigenvalue weighted by atomic mass is 16.6. The van der Waals surface area contributed by atoms with Crippen LogP contribution in [0.2, 0.25) is 0 Å². The topological polar surface area (TPSA) is 158 Å². The van der Waals surface area contributed by atoms with E-state index in [1.165, 1.54) is 27.9 Å². The zero-order valence-corrected chi connectivity index (χ0v) is 29.8. The molecular weight excluding hydrogens is 632 g/mol. The standard InChI is InChI=1S/C38H52O11/c1-21-18-31(48-24(4)40)36(7)30(38(21,44)19-27(42)26-12-9-10-13-28(26)45-8)15-16-35(6)29-14-11-17-46-20-37(29,22(2)47-23(3)39)34(43)32(33(35)36)49-25(5)41/h9-14,18,22,27,29-34,42-44H,15-17,19-20H2,1-8H3/t22?,27?,29?,30?,31?,32-,33?,34-,35?,36?,37+,38-/m0/s1. The minimum Gasteiger partial charge on any atom is -0.496 e. The summed E-state index contributed by atoms with van der Waals surface area (Å²) in [7, 11) is 1.52. The summed E-state index contributed by atoms with van der Waals surface area (Å²) in [6.07, 6.45) is 1.12. The van der Waals surface area contributed by atoms with Crippen LogP contribution in [0.15, 0.2) is 48.1 Å². The molecule has 8 unspecified atom stereocenters. The van der Waals surface area contributed by atoms with Gasteiger partial charge in [0.05, 0.1) is 37.4 Å². The minimum absolute atomic E-state index is 0.0297. The normalized spacial score (nSPS) is 39.4. The van der Waals surface area contributed by atoms with Gasteiger partial charge in [0.2, 0.25) is 0 Å². The van der Waals surface area contributed by atoms with Crippen LogP contribution in [0.1, 0.15) is 79.4 Å². The van der Waals surface area contributed by atoms with Crippen molar-refractivity contribution in [3.63, 3.8) is 0 Å². The quantitative estimate of drug-likeness (QED) is 0.205. The molecule has 12 atom stereocenters. The largest absolute Gasteiger partial charge is 0.496 e. The predicted molar refractivity (Wildman–Crippen MR) is 178 cm³/mol. The van der Waals surface area contributed by atoms with Gasteiger partial charge < -0.3 is 39.0 Å². The smallest absolute Gasteiger partial charge is 0.303 e. The fourth-order valence-electron chi connectivity index (χ4n) is 10.5. The third-order valence-electron chi connectivity index (χ3n) is 12.4. The molecule has 0 amide bonds. The number of benzene rings is 1. The number of hydrogen-bond acceptors (Lipinski definition) is 11. The molecule has 11 nitrogen and oxygen atoms in total. The molecule has 3 N–H and O–H groups in total. The summed E-state index contributed by atoms with van der Waals surface area (Å²) in [5.74, 6) is -2.93. The Hall–Kier alpha value is -3.25. The van der Waals surface area contributed by atoms with Crippen LogP contribution in [0, 0.1) is 34.0 Å². The number of hydrogen-bond donors (Lipinski definition) is 3. The number of esters is 3. The summed E-state index contributed by atoms with van der Waals surface area (Å²) < 4.78 is 29.6. The van der Waals surface area contributed by atoms with Gasteiger partial charge in [-0.25, -0.2) is 0 Å². The Kier molecular flexibility index (Phi) is 10.2. The second kappa shape index (κ2) is 13.5. The van der Waals surface area contributed by atoms with E-state index in [-0.39, 0.29) is 19.6 Å². The number of fused-ring (bicyclic) bond motifs is 5. The second-order valence-electron chi connectivity index (χ2n) is 15.0. The first-order chi connectivity index (χ1) is 23.0. The molecule has 0 saturated heterocycles. The fraction of sp³-hybridized carbons (Fsp3) is 0.658. The Morgan fingerprint density at radius 3 is 2.37 bits per heavy atom. The van der Waals surface area contributed by atoms with Crippen molar-refractivity contribution in [2.45, 2.75) is 104 Å². The monoisotopic (exact) mass is 684 g/mol. The summed E-state index contributed by atoms with van der Waals surface area (Å²) >= 11 is 0. The summed E-state index contributed by atoms with van der Waals surface area (Å²) in [6, 6.07) is 7.10. The van der Waals surface area contributed by atoms with E-state index in [0.29, 0.717) is 29.7 Å². The number of para-hydroxylation sites is 1. The second-order valence-corrected chi connectivity index (χ2v) is 15.0. The van der Waals surface area contributed by atoms with Crippen LogP contribution in [0.5, 0.6) is 5.75 Å². The van der Waals surface area contributed by atoms with Gasteiger partial charge in [0.15, 0.2) is 0 Å². The Bertz CT molecular complexity index is 1500. The molecule has 5 rings (SSSR count). The van der Waals surface area contributed by atoms with E-state index < -0.39 is 88.0 Å². The van der Waals surface area contributed by atoms with Crippen molar-refractivity contribution in [2.24, 2.45) is 34.0 Å². The van der Waals surface area contributed by atoms with Crippen LogP contribution < -0.4 is 4.74 Å². The van der Waals surface area contributed by atoms with Crippen LogP contribution in [0.4, 0.5) is 0 Å². The van der Waals surface area contributed by atoms with Gasteiger partial charge in [-0.15, -0.1) is 0 Å². The molecule has 11 heteroatoms. The van der Waals surface area contributed by atoms with Gasteiger partial charge in [0.1, 0.15) is 30.2 Å². The molecule has 0 aromatic heterocycles. The van der Waals surface area contributed by atoms with Gasteiger partial charge in [-0.1, -0.05) is 44.2 Å². The van der Waals surface area contributed by atoms with Gasteiger partial charge in [-0.2, -0.15) is 0 Å². The molecule has 1 aromatic carbocycles. The van der Waals surface area contributed by atoms with Crippen LogP contribution >= 0.6 is 0 Å². The average Bonchev–Trinajstić information content (AvgIpc) is 3.26. The molecule has 1 aliphatic heterocycles. The highest BCUT2D eigenvalue weighted by Crippen LogP contribution is 2.71. The number of aliphatic hydroxyl groups excluding tert-OH is 2. The van der Waals surface area contributed by atoms with E-state index in [0.717, 1.165) is 0 Å². The average molecular weight is 685 g/mol. The Morgan fingerprint density at radius 2 is 1.73 bits per heavy atom. The van der Waals surface area contributed by atoms with Crippen molar-refractivity contribution < 1.29 is 53.4 Å². The van der Waals surface area contributed by atoms with Crippen LogP contribution in [-0.2, 0) is 33.3 Å². The van der Waals surface area contributed by atoms with Gasteiger partial charge in [-0.3, -0.25) is 14.4 Å². The molecule has 270 valence electrons. The molecule has 4 aliphatic rings. The van der Waals surface area contributed by atoms with Crippen LogP contribution in [0.25, 0.3) is 0 Å². The highest BCUT2D eigenvalue weighted by Gasteiger charge is 2.75. The van der Waals surface area contributed by atoms with Crippen molar-refractivity contribution in [1.82, 2.24) is 0 Å². The number of ether oxygens (including phenoxy) is 5.